The first-order valence-corrected chi connectivity index (χ1v) is 44.4. The number of likely N-dealkylation sites (tertiary alicyclic amines) is 3. The molecule has 0 aliphatic carbocycles. The van der Waals surface area contributed by atoms with Crippen LogP contribution in [0.25, 0.3) is 16.0 Å². The van der Waals surface area contributed by atoms with Crippen LogP contribution in [0.4, 0.5) is 5.69 Å². The number of para-hydroxylation sites is 1. The number of nitrogens with two attached hydrogens (primary N) is 1. The molecule has 5 aliphatic heterocycles. The molecule has 5 fully saturated rings. The van der Waals surface area contributed by atoms with E-state index in [1.807, 2.05) is 117 Å². The van der Waals surface area contributed by atoms with Crippen molar-refractivity contribution in [2.24, 2.45) is 5.73 Å². The lowest BCUT2D eigenvalue weighted by molar-refractivity contribution is -0.167. The van der Waals surface area contributed by atoms with Gasteiger partial charge in [-0.3, -0.25) is 43.9 Å². The van der Waals surface area contributed by atoms with Gasteiger partial charge in [-0.15, -0.1) is 0 Å². The van der Waals surface area contributed by atoms with Crippen molar-refractivity contribution in [3.63, 3.8) is 0 Å². The van der Waals surface area contributed by atoms with E-state index in [2.05, 4.69) is 127 Å². The van der Waals surface area contributed by atoms with Gasteiger partial charge in [0.2, 0.25) is 0 Å². The van der Waals surface area contributed by atoms with E-state index in [-0.39, 0.29) is 86.6 Å². The van der Waals surface area contributed by atoms with Crippen LogP contribution in [0.5, 0.6) is 0 Å². The fraction of sp³-hybridized carbons (Fsp3) is 0.404. The zero-order valence-electron chi connectivity index (χ0n) is 67.8. The van der Waals surface area contributed by atoms with Crippen LogP contribution in [-0.2, 0) is 47.7 Å². The van der Waals surface area contributed by atoms with Crippen molar-refractivity contribution in [2.75, 3.05) is 19.6 Å². The number of carboxylic acids is 1. The summed E-state index contributed by atoms with van der Waals surface area (Å²) in [4.78, 5) is 106. The first-order valence-electron chi connectivity index (χ1n) is 39.0. The average molecular weight is 2190 g/mol. The van der Waals surface area contributed by atoms with Gasteiger partial charge in [0.25, 0.3) is 29.5 Å². The molecule has 5 amide bonds. The van der Waals surface area contributed by atoms with E-state index in [4.69, 9.17) is 71.2 Å². The molecule has 9 aromatic rings. The molecule has 10 heterocycles. The molecule has 5 aromatic heterocycles. The Hall–Kier alpha value is -7.86. The first-order chi connectivity index (χ1) is 57.9. The lowest BCUT2D eigenvalue weighted by atomic mass is 10.0. The predicted octanol–water partition coefficient (Wildman–Crippen LogP) is 21.4. The molecule has 4 aromatic carbocycles. The lowest BCUT2D eigenvalue weighted by Crippen LogP contribution is -2.51. The topological polar surface area (TPSA) is 349 Å². The van der Waals surface area contributed by atoms with Gasteiger partial charge in [-0.1, -0.05) is 146 Å². The summed E-state index contributed by atoms with van der Waals surface area (Å²) in [5.74, 6) is -5.96. The van der Waals surface area contributed by atoms with Gasteiger partial charge < -0.3 is 70.4 Å². The number of aliphatic hydroxyl groups is 3. The highest BCUT2D eigenvalue weighted by Crippen LogP contribution is 2.41. The van der Waals surface area contributed by atoms with E-state index in [1.165, 1.54) is 4.90 Å². The SMILES string of the molecule is Brc1ccc(I)nc1.C.C.C.C.C.C.CC(N)c1ccc(Br)cn1.CC(NC(=O)[C@@H]1OC(C)(C)O[C@H]1C(=O)N1CCC[C@@H]1c1cccc(Cl)c1)c1ccc(Br)cn1.CC(O)c1ccc(Br)cn1.CC1(C)O[C@@H](C(=O)O)[C@H](C(=O)N2CCC[C@@H]2c2cccc(Cl)c2)O1.[C-]#[N+]c1ccccc1-c1ccc(C(C)NC(=O)[C@H](O)[C@@H](O)C(=O)N2CCC[C@@H]2c2cccc(Cl)c2)nc1. The van der Waals surface area contributed by atoms with Crippen LogP contribution in [0.15, 0.2) is 207 Å². The number of nitrogens with one attached hydrogen (secondary N) is 2. The third kappa shape index (κ3) is 32.6. The number of hydrogen-bond acceptors (Lipinski definition) is 19. The van der Waals surface area contributed by atoms with Crippen molar-refractivity contribution in [3.05, 3.63) is 276 Å². The molecule has 34 heteroatoms. The van der Waals surface area contributed by atoms with Crippen LogP contribution in [-0.4, -0.2) is 163 Å². The number of pyridine rings is 5. The van der Waals surface area contributed by atoms with E-state index in [9.17, 15) is 44.1 Å². The summed E-state index contributed by atoms with van der Waals surface area (Å²) >= 11 is 33.7. The number of carbonyl (C=O) groups excluding carboxylic acids is 5. The Morgan fingerprint density at radius 1 is 0.492 bits per heavy atom. The maximum atomic E-state index is 13.6. The number of carboxylic acid groups (broad SMARTS) is 1. The molecule has 14 rings (SSSR count). The molecule has 0 bridgehead atoms. The number of halogens is 8. The van der Waals surface area contributed by atoms with Gasteiger partial charge in [0.15, 0.2) is 53.9 Å². The van der Waals surface area contributed by atoms with Gasteiger partial charge in [-0.2, -0.15) is 0 Å². The number of hydrogen-bond donors (Lipinski definition) is 7. The molecule has 0 spiro atoms. The fourth-order valence-corrected chi connectivity index (χ4v) is 15.8. The molecule has 0 saturated carbocycles. The Bertz CT molecular complexity index is 5010. The van der Waals surface area contributed by atoms with E-state index in [1.54, 1.807) is 137 Å². The normalized spacial score (nSPS) is 19.6. The molecular weight excluding hydrogens is 2070 g/mol. The number of rotatable bonds is 17. The lowest BCUT2D eigenvalue weighted by Gasteiger charge is -2.29. The van der Waals surface area contributed by atoms with Gasteiger partial charge in [0.05, 0.1) is 65.7 Å². The minimum atomic E-state index is -1.94. The van der Waals surface area contributed by atoms with Crippen molar-refractivity contribution in [3.8, 4) is 11.1 Å². The maximum absolute atomic E-state index is 13.6. The second-order valence-electron chi connectivity index (χ2n) is 29.9. The molecule has 13 atom stereocenters. The van der Waals surface area contributed by atoms with E-state index < -0.39 is 84.0 Å². The van der Waals surface area contributed by atoms with Gasteiger partial charge in [0, 0.05) is 89.6 Å². The summed E-state index contributed by atoms with van der Waals surface area (Å²) in [6.07, 6.45) is 4.38. The summed E-state index contributed by atoms with van der Waals surface area (Å²) in [7, 11) is 0. The number of aliphatic carboxylic acids is 1. The number of aromatic nitrogens is 5. The van der Waals surface area contributed by atoms with Gasteiger partial charge in [0.1, 0.15) is 3.70 Å². The summed E-state index contributed by atoms with van der Waals surface area (Å²) in [5.41, 5.74) is 13.2. The first kappa shape index (κ1) is 114. The van der Waals surface area contributed by atoms with Crippen LogP contribution in [0.3, 0.4) is 0 Å². The van der Waals surface area contributed by atoms with E-state index in [0.717, 1.165) is 87.2 Å². The molecule has 0 radical (unpaired) electrons. The van der Waals surface area contributed by atoms with Crippen LogP contribution < -0.4 is 16.4 Å². The monoisotopic (exact) mass is 2190 g/mol. The van der Waals surface area contributed by atoms with E-state index >= 15 is 0 Å². The number of aliphatic hydroxyl groups excluding tert-OH is 3. The van der Waals surface area contributed by atoms with Crippen molar-refractivity contribution in [2.45, 2.75) is 229 Å². The molecule has 8 N–H and O–H groups in total. The predicted molar refractivity (Wildman–Crippen MR) is 526 cm³/mol. The van der Waals surface area contributed by atoms with Crippen LogP contribution in [0, 0.1) is 10.3 Å². The smallest absolute Gasteiger partial charge is 0.336 e. The van der Waals surface area contributed by atoms with Gasteiger partial charge in [-0.25, -0.2) is 14.6 Å². The Kier molecular flexibility index (Phi) is 47.9. The molecule has 5 saturated heterocycles. The Labute approximate surface area is 815 Å². The van der Waals surface area contributed by atoms with Gasteiger partial charge in [-0.05, 0) is 299 Å². The number of carbonyl (C=O) groups is 6. The van der Waals surface area contributed by atoms with Crippen molar-refractivity contribution in [1.82, 2.24) is 50.3 Å². The number of nitrogens with zero attached hydrogens (tertiary/aromatic N) is 9. The Balaban J connectivity index is 0.000000424. The fourth-order valence-electron chi connectivity index (χ4n) is 14.0. The molecule has 26 nitrogen and oxygen atoms in total. The molecule has 694 valence electrons. The van der Waals surface area contributed by atoms with Crippen LogP contribution in [0.2, 0.25) is 15.1 Å². The molecule has 128 heavy (non-hydrogen) atoms. The number of amides is 5. The second-order valence-corrected chi connectivity index (χ2v) is 36.0. The highest BCUT2D eigenvalue weighted by molar-refractivity contribution is 14.1. The largest absolute Gasteiger partial charge is 0.479 e. The summed E-state index contributed by atoms with van der Waals surface area (Å²) in [5, 5.41) is 46.7. The standard InChI is InChI=1S/C28H27ClN4O4.C24H27BrClN3O4.C17H20ClNO5.C7H9BrN2.C7H8BrNO.C5H3BrIN.6CH4/c1-17(22-13-12-19(16-31-22)21-9-3-4-10-23(21)30-2)32-27(36)25(34)26(35)28(37)33-14-6-11-24(33)18-7-5-8-20(29)15-18;1-14(18-10-9-16(25)13-27-18)28-22(30)20-21(33-24(2,3)32-20)23(31)29-11-5-8-19(29)15-6-4-7-17(26)12-15;1-17(2)23-13(14(24-17)16(21)22)15(20)19-8-4-7-12(19)10-5-3-6-11(18)9-10;1-5(9)7-3-2-6(8)4-10-7;1-5(10)7-3-2-6(8)4-9-7;6-4-1-2-5(7)8-3-4;;;;;;/h3-5,7-10,12-13,15-17,24-26,34-35H,6,11,14H2,1H3,(H,32,36);4,6-7,9-10,12-14,19-21H,5,8,11H2,1-3H3,(H,28,30);3,5-6,9,12-14H,4,7-8H2,1-2H3,(H,21,22);2-5H,9H2,1H3;2-5,10H,1H3;1-3H;6*1H4/t17?,24-,25-,26-;14?,19-,20-,21-;12-,13-,14-;;;;;;;;;/m111........./s1. The second kappa shape index (κ2) is 53.6. The Morgan fingerprint density at radius 3 is 1.27 bits per heavy atom. The van der Waals surface area contributed by atoms with Crippen molar-refractivity contribution >= 4 is 162 Å². The van der Waals surface area contributed by atoms with Crippen LogP contribution >= 0.6 is 121 Å². The van der Waals surface area contributed by atoms with Crippen molar-refractivity contribution < 1.29 is 68.1 Å². The third-order valence-corrected chi connectivity index (χ3v) is 23.1. The number of benzene rings is 4. The number of ether oxygens (including phenoxy) is 4. The minimum Gasteiger partial charge on any atom is -0.479 e. The van der Waals surface area contributed by atoms with E-state index in [0.29, 0.717) is 63.9 Å². The summed E-state index contributed by atoms with van der Waals surface area (Å²) in [6, 6.07) is 46.4. The van der Waals surface area contributed by atoms with Gasteiger partial charge >= 0.3 is 5.97 Å². The highest BCUT2D eigenvalue weighted by atomic mass is 127. The summed E-state index contributed by atoms with van der Waals surface area (Å²) < 4.78 is 27.6. The minimum absolute atomic E-state index is 0. The molecular formula is C94H118Br4Cl3IN12O14. The zero-order valence-corrected chi connectivity index (χ0v) is 78.5. The maximum Gasteiger partial charge on any atom is 0.336 e. The zero-order chi connectivity index (χ0) is 88.9. The third-order valence-electron chi connectivity index (χ3n) is 19.9. The van der Waals surface area contributed by atoms with Crippen molar-refractivity contribution in [1.29, 1.82) is 0 Å². The quantitative estimate of drug-likeness (QED) is 0.0253. The molecule has 5 aliphatic rings. The van der Waals surface area contributed by atoms with Crippen LogP contribution in [0.1, 0.15) is 220 Å². The summed E-state index contributed by atoms with van der Waals surface area (Å²) in [6.45, 7) is 22.6. The molecule has 4 unspecified atom stereocenters. The average Bonchev–Trinajstić information content (AvgIpc) is 1.63. The Morgan fingerprint density at radius 2 is 0.875 bits per heavy atom. The highest BCUT2D eigenvalue weighted by Gasteiger charge is 2.53.